The Morgan fingerprint density at radius 3 is 2.86 bits per heavy atom. The highest BCUT2D eigenvalue weighted by molar-refractivity contribution is 5.82. The zero-order valence-electron chi connectivity index (χ0n) is 12.8. The van der Waals surface area contributed by atoms with Crippen molar-refractivity contribution in [2.75, 3.05) is 26.8 Å². The summed E-state index contributed by atoms with van der Waals surface area (Å²) in [6.07, 6.45) is 1.82. The quantitative estimate of drug-likeness (QED) is 0.890. The van der Waals surface area contributed by atoms with Crippen molar-refractivity contribution in [3.8, 4) is 0 Å². The fraction of sp³-hybridized carbons (Fsp3) is 0.500. The average Bonchev–Trinajstić information content (AvgIpc) is 2.98. The molecular weight excluding hydrogens is 280 g/mol. The third-order valence-electron chi connectivity index (χ3n) is 4.26. The molecule has 0 bridgehead atoms. The first kappa shape index (κ1) is 15.0. The average molecular weight is 302 g/mol. The number of benzene rings is 1. The van der Waals surface area contributed by atoms with Gasteiger partial charge >= 0.3 is 0 Å². The predicted molar refractivity (Wildman–Crippen MR) is 84.5 cm³/mol. The zero-order chi connectivity index (χ0) is 15.5. The Morgan fingerprint density at radius 2 is 2.18 bits per heavy atom. The second-order valence-electron chi connectivity index (χ2n) is 5.80. The standard InChI is InChI=1S/C16H22N4O2/c1-22-10-12(17)16(21)20-8-6-11(7-9-20)15-18-13-4-2-3-5-14(13)19-15/h2-5,11-12H,6-10,17H2,1H3,(H,18,19). The van der Waals surface area contributed by atoms with E-state index in [9.17, 15) is 4.79 Å². The van der Waals surface area contributed by atoms with E-state index in [1.165, 1.54) is 0 Å². The van der Waals surface area contributed by atoms with Gasteiger partial charge < -0.3 is 20.4 Å². The van der Waals surface area contributed by atoms with Crippen molar-refractivity contribution in [3.05, 3.63) is 30.1 Å². The van der Waals surface area contributed by atoms with Crippen LogP contribution in [-0.2, 0) is 9.53 Å². The molecule has 1 fully saturated rings. The SMILES string of the molecule is COCC(N)C(=O)N1CCC(c2nc3ccccc3[nH]2)CC1. The smallest absolute Gasteiger partial charge is 0.241 e. The Kier molecular flexibility index (Phi) is 4.40. The topological polar surface area (TPSA) is 84.2 Å². The van der Waals surface area contributed by atoms with Gasteiger partial charge in [0.2, 0.25) is 5.91 Å². The second-order valence-corrected chi connectivity index (χ2v) is 5.80. The van der Waals surface area contributed by atoms with Crippen LogP contribution in [0.3, 0.4) is 0 Å². The van der Waals surface area contributed by atoms with Gasteiger partial charge in [-0.05, 0) is 25.0 Å². The number of nitrogens with zero attached hydrogens (tertiary/aromatic N) is 2. The predicted octanol–water partition coefficient (Wildman–Crippen LogP) is 1.24. The summed E-state index contributed by atoms with van der Waals surface area (Å²) < 4.78 is 4.95. The highest BCUT2D eigenvalue weighted by Gasteiger charge is 2.28. The number of ether oxygens (including phenoxy) is 1. The minimum absolute atomic E-state index is 0.0232. The highest BCUT2D eigenvalue weighted by atomic mass is 16.5. The molecule has 1 atom stereocenters. The van der Waals surface area contributed by atoms with Gasteiger partial charge in [0, 0.05) is 26.1 Å². The Hall–Kier alpha value is -1.92. The highest BCUT2D eigenvalue weighted by Crippen LogP contribution is 2.27. The first-order valence-corrected chi connectivity index (χ1v) is 7.67. The fourth-order valence-corrected chi connectivity index (χ4v) is 3.02. The molecule has 0 aliphatic carbocycles. The number of aromatic nitrogens is 2. The molecule has 1 aliphatic heterocycles. The van der Waals surface area contributed by atoms with E-state index in [1.54, 1.807) is 7.11 Å². The van der Waals surface area contributed by atoms with Crippen molar-refractivity contribution in [1.82, 2.24) is 14.9 Å². The molecule has 1 amide bonds. The van der Waals surface area contributed by atoms with Crippen LogP contribution in [-0.4, -0.2) is 53.6 Å². The van der Waals surface area contributed by atoms with Crippen molar-refractivity contribution in [2.45, 2.75) is 24.8 Å². The molecule has 0 spiro atoms. The summed E-state index contributed by atoms with van der Waals surface area (Å²) >= 11 is 0. The first-order valence-electron chi connectivity index (χ1n) is 7.67. The lowest BCUT2D eigenvalue weighted by Gasteiger charge is -2.32. The van der Waals surface area contributed by atoms with Gasteiger partial charge in [-0.2, -0.15) is 0 Å². The minimum atomic E-state index is -0.562. The molecule has 22 heavy (non-hydrogen) atoms. The molecule has 1 aliphatic rings. The van der Waals surface area contributed by atoms with E-state index in [2.05, 4.69) is 9.97 Å². The molecule has 3 rings (SSSR count). The van der Waals surface area contributed by atoms with Gasteiger partial charge in [0.25, 0.3) is 0 Å². The number of nitrogens with two attached hydrogens (primary N) is 1. The number of aromatic amines is 1. The van der Waals surface area contributed by atoms with E-state index >= 15 is 0 Å². The lowest BCUT2D eigenvalue weighted by Crippen LogP contribution is -2.48. The number of hydrogen-bond donors (Lipinski definition) is 2. The van der Waals surface area contributed by atoms with Crippen molar-refractivity contribution in [3.63, 3.8) is 0 Å². The van der Waals surface area contributed by atoms with Crippen LogP contribution in [0.4, 0.5) is 0 Å². The van der Waals surface area contributed by atoms with E-state index in [0.717, 1.165) is 42.8 Å². The minimum Gasteiger partial charge on any atom is -0.383 e. The third kappa shape index (κ3) is 2.98. The van der Waals surface area contributed by atoms with Crippen LogP contribution in [0.15, 0.2) is 24.3 Å². The van der Waals surface area contributed by atoms with Gasteiger partial charge in [-0.3, -0.25) is 4.79 Å². The molecule has 2 heterocycles. The number of likely N-dealkylation sites (tertiary alicyclic amines) is 1. The molecule has 6 nitrogen and oxygen atoms in total. The summed E-state index contributed by atoms with van der Waals surface area (Å²) in [6, 6.07) is 7.48. The van der Waals surface area contributed by atoms with E-state index in [-0.39, 0.29) is 12.5 Å². The summed E-state index contributed by atoms with van der Waals surface area (Å²) in [5.41, 5.74) is 7.89. The van der Waals surface area contributed by atoms with Crippen molar-refractivity contribution in [1.29, 1.82) is 0 Å². The lowest BCUT2D eigenvalue weighted by molar-refractivity contribution is -0.134. The first-order chi connectivity index (χ1) is 10.7. The van der Waals surface area contributed by atoms with Crippen LogP contribution >= 0.6 is 0 Å². The van der Waals surface area contributed by atoms with Gasteiger partial charge in [-0.15, -0.1) is 0 Å². The summed E-state index contributed by atoms with van der Waals surface area (Å²) in [5.74, 6) is 1.37. The maximum atomic E-state index is 12.2. The molecule has 118 valence electrons. The lowest BCUT2D eigenvalue weighted by atomic mass is 9.96. The number of imidazole rings is 1. The van der Waals surface area contributed by atoms with Gasteiger partial charge in [0.15, 0.2) is 0 Å². The summed E-state index contributed by atoms with van der Waals surface area (Å²) in [5, 5.41) is 0. The van der Waals surface area contributed by atoms with Crippen LogP contribution in [0, 0.1) is 0 Å². The van der Waals surface area contributed by atoms with Gasteiger partial charge in [-0.1, -0.05) is 12.1 Å². The number of nitrogens with one attached hydrogen (secondary N) is 1. The number of para-hydroxylation sites is 2. The third-order valence-corrected chi connectivity index (χ3v) is 4.26. The molecule has 3 N–H and O–H groups in total. The number of hydrogen-bond acceptors (Lipinski definition) is 4. The Balaban J connectivity index is 1.63. The number of H-pyrrole nitrogens is 1. The van der Waals surface area contributed by atoms with Crippen molar-refractivity contribution < 1.29 is 9.53 Å². The number of methoxy groups -OCH3 is 1. The molecule has 2 aromatic rings. The number of carbonyl (C=O) groups is 1. The molecule has 6 heteroatoms. The van der Waals surface area contributed by atoms with Crippen LogP contribution in [0.2, 0.25) is 0 Å². The number of piperidine rings is 1. The number of amides is 1. The molecular formula is C16H22N4O2. The Labute approximate surface area is 129 Å². The Bertz CT molecular complexity index is 613. The Morgan fingerprint density at radius 1 is 1.45 bits per heavy atom. The zero-order valence-corrected chi connectivity index (χ0v) is 12.8. The van der Waals surface area contributed by atoms with Crippen LogP contribution < -0.4 is 5.73 Å². The van der Waals surface area contributed by atoms with Crippen LogP contribution in [0.1, 0.15) is 24.6 Å². The van der Waals surface area contributed by atoms with Gasteiger partial charge in [-0.25, -0.2) is 4.98 Å². The molecule has 1 aromatic carbocycles. The maximum absolute atomic E-state index is 12.2. The summed E-state index contributed by atoms with van der Waals surface area (Å²) in [6.45, 7) is 1.71. The summed E-state index contributed by atoms with van der Waals surface area (Å²) in [7, 11) is 1.56. The number of fused-ring (bicyclic) bond motifs is 1. The summed E-state index contributed by atoms with van der Waals surface area (Å²) in [4.78, 5) is 22.1. The number of rotatable bonds is 4. The fourth-order valence-electron chi connectivity index (χ4n) is 3.02. The van der Waals surface area contributed by atoms with Crippen LogP contribution in [0.25, 0.3) is 11.0 Å². The largest absolute Gasteiger partial charge is 0.383 e. The maximum Gasteiger partial charge on any atom is 0.241 e. The molecule has 1 unspecified atom stereocenters. The van der Waals surface area contributed by atoms with Gasteiger partial charge in [0.1, 0.15) is 11.9 Å². The molecule has 1 saturated heterocycles. The molecule has 1 aromatic heterocycles. The van der Waals surface area contributed by atoms with Crippen molar-refractivity contribution in [2.24, 2.45) is 5.73 Å². The van der Waals surface area contributed by atoms with Gasteiger partial charge in [0.05, 0.1) is 17.6 Å². The molecule has 0 saturated carbocycles. The normalized spacial score (nSPS) is 17.8. The second kappa shape index (κ2) is 6.46. The van der Waals surface area contributed by atoms with E-state index in [4.69, 9.17) is 10.5 Å². The van der Waals surface area contributed by atoms with Crippen molar-refractivity contribution >= 4 is 16.9 Å². The van der Waals surface area contributed by atoms with E-state index in [0.29, 0.717) is 5.92 Å². The van der Waals surface area contributed by atoms with E-state index in [1.807, 2.05) is 29.2 Å². The number of carbonyl (C=O) groups excluding carboxylic acids is 1. The van der Waals surface area contributed by atoms with Crippen LogP contribution in [0.5, 0.6) is 0 Å². The van der Waals surface area contributed by atoms with E-state index < -0.39 is 6.04 Å². The molecule has 0 radical (unpaired) electrons. The monoisotopic (exact) mass is 302 g/mol.